The van der Waals surface area contributed by atoms with Gasteiger partial charge in [-0.05, 0) is 36.5 Å². The molecule has 0 aromatic rings. The summed E-state index contributed by atoms with van der Waals surface area (Å²) in [5.74, 6) is 0. The highest BCUT2D eigenvalue weighted by atomic mass is 16.3. The molecular weight excluding hydrogens is 136 g/mol. The SMILES string of the molecule is CC(C)(C)C1(O)CC2(CC2)C1. The average molecular weight is 154 g/mol. The second kappa shape index (κ2) is 1.66. The van der Waals surface area contributed by atoms with Gasteiger partial charge in [0.25, 0.3) is 0 Å². The Morgan fingerprint density at radius 2 is 1.55 bits per heavy atom. The maximum Gasteiger partial charge on any atom is 0.0706 e. The highest BCUT2D eigenvalue weighted by molar-refractivity contribution is 5.15. The summed E-state index contributed by atoms with van der Waals surface area (Å²) < 4.78 is 0. The first kappa shape index (κ1) is 7.60. The second-order valence-electron chi connectivity index (χ2n) is 5.64. The fourth-order valence-electron chi connectivity index (χ4n) is 2.25. The molecule has 0 aliphatic heterocycles. The minimum Gasteiger partial charge on any atom is -0.389 e. The highest BCUT2D eigenvalue weighted by Crippen LogP contribution is 2.68. The van der Waals surface area contributed by atoms with Gasteiger partial charge in [-0.1, -0.05) is 20.8 Å². The standard InChI is InChI=1S/C10H18O/c1-8(2,3)10(11)6-9(7-10)4-5-9/h11H,4-7H2,1-3H3. The molecule has 0 amide bonds. The molecule has 2 aliphatic carbocycles. The molecule has 11 heavy (non-hydrogen) atoms. The lowest BCUT2D eigenvalue weighted by Crippen LogP contribution is -2.54. The van der Waals surface area contributed by atoms with Crippen LogP contribution in [0.4, 0.5) is 0 Å². The first-order valence-corrected chi connectivity index (χ1v) is 4.59. The lowest BCUT2D eigenvalue weighted by atomic mass is 9.57. The Hall–Kier alpha value is -0.0400. The molecule has 1 spiro atoms. The van der Waals surface area contributed by atoms with E-state index in [0.717, 1.165) is 12.8 Å². The third kappa shape index (κ3) is 0.936. The molecule has 0 saturated heterocycles. The van der Waals surface area contributed by atoms with Crippen LogP contribution in [0.5, 0.6) is 0 Å². The first-order valence-electron chi connectivity index (χ1n) is 4.59. The smallest absolute Gasteiger partial charge is 0.0706 e. The van der Waals surface area contributed by atoms with Crippen molar-refractivity contribution in [1.82, 2.24) is 0 Å². The number of rotatable bonds is 0. The third-order valence-corrected chi connectivity index (χ3v) is 3.69. The van der Waals surface area contributed by atoms with E-state index in [4.69, 9.17) is 0 Å². The lowest BCUT2D eigenvalue weighted by molar-refractivity contribution is -0.157. The maximum atomic E-state index is 10.1. The van der Waals surface area contributed by atoms with Crippen LogP contribution in [0.15, 0.2) is 0 Å². The fraction of sp³-hybridized carbons (Fsp3) is 1.00. The van der Waals surface area contributed by atoms with Gasteiger partial charge in [-0.3, -0.25) is 0 Å². The molecule has 0 bridgehead atoms. The molecule has 2 aliphatic rings. The van der Waals surface area contributed by atoms with Gasteiger partial charge in [0.15, 0.2) is 0 Å². The van der Waals surface area contributed by atoms with E-state index < -0.39 is 0 Å². The molecule has 0 aromatic carbocycles. The molecule has 64 valence electrons. The molecule has 0 heterocycles. The van der Waals surface area contributed by atoms with Crippen LogP contribution in [0.3, 0.4) is 0 Å². The van der Waals surface area contributed by atoms with E-state index in [2.05, 4.69) is 20.8 Å². The summed E-state index contributed by atoms with van der Waals surface area (Å²) in [5, 5.41) is 10.1. The van der Waals surface area contributed by atoms with Crippen LogP contribution in [0, 0.1) is 10.8 Å². The zero-order valence-corrected chi connectivity index (χ0v) is 7.78. The van der Waals surface area contributed by atoms with Gasteiger partial charge in [0, 0.05) is 0 Å². The van der Waals surface area contributed by atoms with Crippen molar-refractivity contribution in [2.24, 2.45) is 10.8 Å². The van der Waals surface area contributed by atoms with Gasteiger partial charge in [-0.2, -0.15) is 0 Å². The molecule has 2 fully saturated rings. The van der Waals surface area contributed by atoms with Crippen molar-refractivity contribution in [3.8, 4) is 0 Å². The van der Waals surface area contributed by atoms with E-state index >= 15 is 0 Å². The Morgan fingerprint density at radius 1 is 1.09 bits per heavy atom. The van der Waals surface area contributed by atoms with Crippen LogP contribution in [0.2, 0.25) is 0 Å². The van der Waals surface area contributed by atoms with E-state index in [0.29, 0.717) is 5.41 Å². The molecule has 0 atom stereocenters. The van der Waals surface area contributed by atoms with Gasteiger partial charge in [0.05, 0.1) is 5.60 Å². The summed E-state index contributed by atoms with van der Waals surface area (Å²) in [5.41, 5.74) is 0.354. The summed E-state index contributed by atoms with van der Waals surface area (Å²) in [4.78, 5) is 0. The van der Waals surface area contributed by atoms with Gasteiger partial charge in [0.1, 0.15) is 0 Å². The Balaban J connectivity index is 2.05. The molecular formula is C10H18O. The molecule has 1 N–H and O–H groups in total. The normalized spacial score (nSPS) is 31.6. The fourth-order valence-corrected chi connectivity index (χ4v) is 2.25. The average Bonchev–Trinajstić information content (AvgIpc) is 2.41. The van der Waals surface area contributed by atoms with Crippen LogP contribution in [-0.2, 0) is 0 Å². The van der Waals surface area contributed by atoms with E-state index in [9.17, 15) is 5.11 Å². The Bertz CT molecular complexity index is 176. The summed E-state index contributed by atoms with van der Waals surface area (Å²) in [6.45, 7) is 6.42. The van der Waals surface area contributed by atoms with Crippen LogP contribution < -0.4 is 0 Å². The van der Waals surface area contributed by atoms with Crippen molar-refractivity contribution in [2.75, 3.05) is 0 Å². The Kier molecular flexibility index (Phi) is 1.15. The molecule has 0 radical (unpaired) electrons. The van der Waals surface area contributed by atoms with Crippen molar-refractivity contribution in [2.45, 2.75) is 52.1 Å². The van der Waals surface area contributed by atoms with E-state index in [-0.39, 0.29) is 11.0 Å². The van der Waals surface area contributed by atoms with Gasteiger partial charge in [-0.25, -0.2) is 0 Å². The van der Waals surface area contributed by atoms with Crippen LogP contribution in [0.25, 0.3) is 0 Å². The quantitative estimate of drug-likeness (QED) is 0.568. The molecule has 2 saturated carbocycles. The first-order chi connectivity index (χ1) is 4.87. The maximum absolute atomic E-state index is 10.1. The largest absolute Gasteiger partial charge is 0.389 e. The monoisotopic (exact) mass is 154 g/mol. The van der Waals surface area contributed by atoms with Crippen molar-refractivity contribution in [1.29, 1.82) is 0 Å². The summed E-state index contributed by atoms with van der Waals surface area (Å²) in [6.07, 6.45) is 4.85. The topological polar surface area (TPSA) is 20.2 Å². The number of aliphatic hydroxyl groups is 1. The van der Waals surface area contributed by atoms with Crippen LogP contribution in [-0.4, -0.2) is 10.7 Å². The van der Waals surface area contributed by atoms with Crippen LogP contribution >= 0.6 is 0 Å². The molecule has 1 heteroatoms. The van der Waals surface area contributed by atoms with Gasteiger partial charge < -0.3 is 5.11 Å². The lowest BCUT2D eigenvalue weighted by Gasteiger charge is -2.52. The van der Waals surface area contributed by atoms with E-state index in [1.54, 1.807) is 0 Å². The number of hydrogen-bond acceptors (Lipinski definition) is 1. The third-order valence-electron chi connectivity index (χ3n) is 3.69. The highest BCUT2D eigenvalue weighted by Gasteiger charge is 2.63. The molecule has 1 nitrogen and oxygen atoms in total. The Morgan fingerprint density at radius 3 is 1.82 bits per heavy atom. The second-order valence-corrected chi connectivity index (χ2v) is 5.64. The zero-order valence-electron chi connectivity index (χ0n) is 7.78. The Labute approximate surface area is 68.8 Å². The van der Waals surface area contributed by atoms with Crippen molar-refractivity contribution < 1.29 is 5.11 Å². The summed E-state index contributed by atoms with van der Waals surface area (Å²) >= 11 is 0. The molecule has 0 unspecified atom stereocenters. The van der Waals surface area contributed by atoms with Gasteiger partial charge in [-0.15, -0.1) is 0 Å². The predicted octanol–water partition coefficient (Wildman–Crippen LogP) is 2.34. The van der Waals surface area contributed by atoms with Crippen molar-refractivity contribution in [3.63, 3.8) is 0 Å². The van der Waals surface area contributed by atoms with Gasteiger partial charge >= 0.3 is 0 Å². The van der Waals surface area contributed by atoms with E-state index in [1.807, 2.05) is 0 Å². The predicted molar refractivity (Wildman–Crippen MR) is 45.3 cm³/mol. The van der Waals surface area contributed by atoms with Crippen LogP contribution in [0.1, 0.15) is 46.5 Å². The molecule has 2 rings (SSSR count). The minimum atomic E-state index is -0.344. The van der Waals surface area contributed by atoms with E-state index in [1.165, 1.54) is 12.8 Å². The van der Waals surface area contributed by atoms with Crippen molar-refractivity contribution >= 4 is 0 Å². The van der Waals surface area contributed by atoms with Crippen molar-refractivity contribution in [3.05, 3.63) is 0 Å². The summed E-state index contributed by atoms with van der Waals surface area (Å²) in [6, 6.07) is 0. The minimum absolute atomic E-state index is 0.0842. The van der Waals surface area contributed by atoms with Gasteiger partial charge in [0.2, 0.25) is 0 Å². The molecule has 0 aromatic heterocycles. The summed E-state index contributed by atoms with van der Waals surface area (Å²) in [7, 11) is 0. The zero-order chi connectivity index (χ0) is 8.33. The number of hydrogen-bond donors (Lipinski definition) is 1.